The second kappa shape index (κ2) is 9.73. The van der Waals surface area contributed by atoms with E-state index in [1.807, 2.05) is 0 Å². The molecule has 1 saturated carbocycles. The van der Waals surface area contributed by atoms with Gasteiger partial charge in [-0.3, -0.25) is 0 Å². The standard InChI is InChI=1S/C16H33NO2/c1-3-5-11-18-12-13-19-16(14-17)9-7-15(6-4-2)8-10-16/h15H,3-14,17H2,1-2H3. The van der Waals surface area contributed by atoms with Crippen LogP contribution < -0.4 is 5.73 Å². The lowest BCUT2D eigenvalue weighted by molar-refractivity contribution is -0.0888. The van der Waals surface area contributed by atoms with E-state index in [0.29, 0.717) is 19.8 Å². The quantitative estimate of drug-likeness (QED) is 0.618. The van der Waals surface area contributed by atoms with Gasteiger partial charge in [0.25, 0.3) is 0 Å². The van der Waals surface area contributed by atoms with E-state index in [-0.39, 0.29) is 5.60 Å². The summed E-state index contributed by atoms with van der Waals surface area (Å²) in [6, 6.07) is 0. The van der Waals surface area contributed by atoms with Crippen molar-refractivity contribution in [3.8, 4) is 0 Å². The topological polar surface area (TPSA) is 44.5 Å². The molecule has 3 nitrogen and oxygen atoms in total. The summed E-state index contributed by atoms with van der Waals surface area (Å²) in [7, 11) is 0. The Balaban J connectivity index is 2.18. The number of hydrogen-bond donors (Lipinski definition) is 1. The molecule has 3 heteroatoms. The molecule has 0 aromatic rings. The second-order valence-electron chi connectivity index (χ2n) is 5.93. The van der Waals surface area contributed by atoms with Gasteiger partial charge in [-0.05, 0) is 38.0 Å². The Labute approximate surface area is 119 Å². The lowest BCUT2D eigenvalue weighted by Gasteiger charge is -2.39. The van der Waals surface area contributed by atoms with Gasteiger partial charge in [0.05, 0.1) is 18.8 Å². The summed E-state index contributed by atoms with van der Waals surface area (Å²) in [5, 5.41) is 0. The molecular formula is C16H33NO2. The fraction of sp³-hybridized carbons (Fsp3) is 1.00. The maximum atomic E-state index is 6.08. The molecular weight excluding hydrogens is 238 g/mol. The molecule has 1 rings (SSSR count). The number of ether oxygens (including phenoxy) is 2. The van der Waals surface area contributed by atoms with E-state index in [4.69, 9.17) is 15.2 Å². The third-order valence-corrected chi connectivity index (χ3v) is 4.36. The van der Waals surface area contributed by atoms with Crippen LogP contribution in [0.5, 0.6) is 0 Å². The van der Waals surface area contributed by atoms with Crippen LogP contribution >= 0.6 is 0 Å². The van der Waals surface area contributed by atoms with E-state index < -0.39 is 0 Å². The van der Waals surface area contributed by atoms with E-state index in [9.17, 15) is 0 Å². The van der Waals surface area contributed by atoms with Crippen molar-refractivity contribution in [2.24, 2.45) is 11.7 Å². The summed E-state index contributed by atoms with van der Waals surface area (Å²) in [6.07, 6.45) is 9.80. The first kappa shape index (κ1) is 16.9. The Hall–Kier alpha value is -0.120. The van der Waals surface area contributed by atoms with Crippen LogP contribution in [0, 0.1) is 5.92 Å². The van der Waals surface area contributed by atoms with Gasteiger partial charge >= 0.3 is 0 Å². The third-order valence-electron chi connectivity index (χ3n) is 4.36. The molecule has 1 fully saturated rings. The fourth-order valence-electron chi connectivity index (χ4n) is 2.97. The molecule has 0 saturated heterocycles. The molecule has 0 spiro atoms. The van der Waals surface area contributed by atoms with E-state index in [2.05, 4.69) is 13.8 Å². The minimum atomic E-state index is -0.0572. The highest BCUT2D eigenvalue weighted by molar-refractivity contribution is 4.88. The second-order valence-corrected chi connectivity index (χ2v) is 5.93. The Morgan fingerprint density at radius 2 is 1.79 bits per heavy atom. The van der Waals surface area contributed by atoms with Gasteiger partial charge in [0.2, 0.25) is 0 Å². The first-order chi connectivity index (χ1) is 9.26. The minimum absolute atomic E-state index is 0.0572. The van der Waals surface area contributed by atoms with Gasteiger partial charge in [-0.2, -0.15) is 0 Å². The van der Waals surface area contributed by atoms with Crippen LogP contribution in [-0.4, -0.2) is 32.0 Å². The van der Waals surface area contributed by atoms with Crippen molar-refractivity contribution in [3.63, 3.8) is 0 Å². The van der Waals surface area contributed by atoms with Gasteiger partial charge in [0.1, 0.15) is 0 Å². The van der Waals surface area contributed by atoms with Crippen molar-refractivity contribution in [1.29, 1.82) is 0 Å². The summed E-state index contributed by atoms with van der Waals surface area (Å²) >= 11 is 0. The van der Waals surface area contributed by atoms with Crippen LogP contribution in [0.1, 0.15) is 65.2 Å². The number of rotatable bonds is 10. The molecule has 1 aliphatic carbocycles. The van der Waals surface area contributed by atoms with Crippen LogP contribution in [0.25, 0.3) is 0 Å². The smallest absolute Gasteiger partial charge is 0.0805 e. The predicted molar refractivity (Wildman–Crippen MR) is 80.3 cm³/mol. The molecule has 0 aromatic heterocycles. The molecule has 2 N–H and O–H groups in total. The van der Waals surface area contributed by atoms with Gasteiger partial charge in [-0.15, -0.1) is 0 Å². The molecule has 0 heterocycles. The molecule has 0 bridgehead atoms. The molecule has 114 valence electrons. The van der Waals surface area contributed by atoms with E-state index in [1.165, 1.54) is 32.1 Å². The summed E-state index contributed by atoms with van der Waals surface area (Å²) in [6.45, 7) is 7.36. The fourth-order valence-corrected chi connectivity index (χ4v) is 2.97. The average molecular weight is 271 g/mol. The van der Waals surface area contributed by atoms with Crippen molar-refractivity contribution in [2.45, 2.75) is 70.8 Å². The van der Waals surface area contributed by atoms with Crippen LogP contribution in [0.15, 0.2) is 0 Å². The normalized spacial score (nSPS) is 27.6. The Morgan fingerprint density at radius 3 is 2.37 bits per heavy atom. The molecule has 0 unspecified atom stereocenters. The summed E-state index contributed by atoms with van der Waals surface area (Å²) < 4.78 is 11.6. The zero-order chi connectivity index (χ0) is 14.0. The average Bonchev–Trinajstić information content (AvgIpc) is 2.45. The SMILES string of the molecule is CCCCOCCOC1(CN)CCC(CCC)CC1. The minimum Gasteiger partial charge on any atom is -0.379 e. The van der Waals surface area contributed by atoms with Gasteiger partial charge in [0.15, 0.2) is 0 Å². The summed E-state index contributed by atoms with van der Waals surface area (Å²) in [5.74, 6) is 0.897. The Bertz CT molecular complexity index is 213. The molecule has 0 aromatic carbocycles. The van der Waals surface area contributed by atoms with Crippen molar-refractivity contribution in [1.82, 2.24) is 0 Å². The van der Waals surface area contributed by atoms with Crippen LogP contribution in [0.3, 0.4) is 0 Å². The first-order valence-electron chi connectivity index (χ1n) is 8.18. The van der Waals surface area contributed by atoms with E-state index in [1.54, 1.807) is 0 Å². The number of hydrogen-bond acceptors (Lipinski definition) is 3. The maximum Gasteiger partial charge on any atom is 0.0805 e. The Kier molecular flexibility index (Phi) is 8.67. The summed E-state index contributed by atoms with van der Waals surface area (Å²) in [5.41, 5.74) is 5.90. The lowest BCUT2D eigenvalue weighted by atomic mass is 9.77. The van der Waals surface area contributed by atoms with Crippen molar-refractivity contribution in [3.05, 3.63) is 0 Å². The lowest BCUT2D eigenvalue weighted by Crippen LogP contribution is -2.44. The van der Waals surface area contributed by atoms with Crippen LogP contribution in [-0.2, 0) is 9.47 Å². The van der Waals surface area contributed by atoms with Crippen molar-refractivity contribution in [2.75, 3.05) is 26.4 Å². The van der Waals surface area contributed by atoms with Crippen LogP contribution in [0.2, 0.25) is 0 Å². The van der Waals surface area contributed by atoms with Crippen molar-refractivity contribution >= 4 is 0 Å². The van der Waals surface area contributed by atoms with E-state index >= 15 is 0 Å². The number of nitrogens with two attached hydrogens (primary N) is 1. The molecule has 0 aliphatic heterocycles. The zero-order valence-electron chi connectivity index (χ0n) is 13.0. The van der Waals surface area contributed by atoms with E-state index in [0.717, 1.165) is 31.8 Å². The maximum absolute atomic E-state index is 6.08. The monoisotopic (exact) mass is 271 g/mol. The van der Waals surface area contributed by atoms with Crippen LogP contribution in [0.4, 0.5) is 0 Å². The van der Waals surface area contributed by atoms with Gasteiger partial charge in [-0.25, -0.2) is 0 Å². The molecule has 0 radical (unpaired) electrons. The zero-order valence-corrected chi connectivity index (χ0v) is 13.0. The highest BCUT2D eigenvalue weighted by atomic mass is 16.5. The predicted octanol–water partition coefficient (Wildman–Crippen LogP) is 3.51. The van der Waals surface area contributed by atoms with Gasteiger partial charge < -0.3 is 15.2 Å². The first-order valence-corrected chi connectivity index (χ1v) is 8.18. The molecule has 1 aliphatic rings. The van der Waals surface area contributed by atoms with Gasteiger partial charge in [-0.1, -0.05) is 33.1 Å². The third kappa shape index (κ3) is 6.24. The Morgan fingerprint density at radius 1 is 1.05 bits per heavy atom. The van der Waals surface area contributed by atoms with Gasteiger partial charge in [0, 0.05) is 13.2 Å². The van der Waals surface area contributed by atoms with Crippen molar-refractivity contribution < 1.29 is 9.47 Å². The molecule has 0 amide bonds. The highest BCUT2D eigenvalue weighted by Gasteiger charge is 2.34. The molecule has 19 heavy (non-hydrogen) atoms. The number of unbranched alkanes of at least 4 members (excludes halogenated alkanes) is 1. The molecule has 0 atom stereocenters. The highest BCUT2D eigenvalue weighted by Crippen LogP contribution is 2.36. The largest absolute Gasteiger partial charge is 0.379 e. The summed E-state index contributed by atoms with van der Waals surface area (Å²) in [4.78, 5) is 0.